The van der Waals surface area contributed by atoms with Crippen molar-refractivity contribution < 1.29 is 4.39 Å². The minimum absolute atomic E-state index is 0.401. The van der Waals surface area contributed by atoms with E-state index in [1.807, 2.05) is 12.1 Å². The quantitative estimate of drug-likeness (QED) is 0.604. The third kappa shape index (κ3) is 2.81. The molecule has 0 saturated carbocycles. The molecule has 3 rings (SSSR count). The van der Waals surface area contributed by atoms with Crippen LogP contribution in [0.4, 0.5) is 21.5 Å². The first-order chi connectivity index (χ1) is 11.0. The van der Waals surface area contributed by atoms with Crippen LogP contribution in [0.5, 0.6) is 0 Å². The molecule has 0 fully saturated rings. The van der Waals surface area contributed by atoms with Gasteiger partial charge in [0.1, 0.15) is 5.82 Å². The van der Waals surface area contributed by atoms with Gasteiger partial charge in [0, 0.05) is 44.3 Å². The Morgan fingerprint density at radius 2 is 1.30 bits per heavy atom. The number of hydrogen-bond acceptors (Lipinski definition) is 3. The van der Waals surface area contributed by atoms with Crippen LogP contribution in [0, 0.1) is 5.82 Å². The molecular formula is C18H15ClFN3. The number of para-hydroxylation sites is 1. The van der Waals surface area contributed by atoms with Crippen molar-refractivity contribution in [2.24, 2.45) is 0 Å². The summed E-state index contributed by atoms with van der Waals surface area (Å²) in [5.41, 5.74) is 21.9. The van der Waals surface area contributed by atoms with Crippen molar-refractivity contribution in [3.05, 3.63) is 65.4 Å². The van der Waals surface area contributed by atoms with Crippen molar-refractivity contribution in [1.29, 1.82) is 0 Å². The van der Waals surface area contributed by atoms with Crippen LogP contribution in [0.2, 0.25) is 5.02 Å². The summed E-state index contributed by atoms with van der Waals surface area (Å²) in [6.07, 6.45) is 0. The zero-order valence-electron chi connectivity index (χ0n) is 12.2. The lowest BCUT2D eigenvalue weighted by molar-refractivity contribution is 0.629. The molecule has 0 radical (unpaired) electrons. The van der Waals surface area contributed by atoms with Gasteiger partial charge < -0.3 is 17.2 Å². The highest BCUT2D eigenvalue weighted by molar-refractivity contribution is 6.31. The Morgan fingerprint density at radius 3 is 2.00 bits per heavy atom. The second-order valence-electron chi connectivity index (χ2n) is 5.23. The highest BCUT2D eigenvalue weighted by atomic mass is 35.5. The molecule has 0 aliphatic rings. The van der Waals surface area contributed by atoms with Crippen molar-refractivity contribution in [2.75, 3.05) is 17.2 Å². The molecule has 116 valence electrons. The molecular weight excluding hydrogens is 313 g/mol. The third-order valence-corrected chi connectivity index (χ3v) is 3.94. The Labute approximate surface area is 138 Å². The van der Waals surface area contributed by atoms with Crippen molar-refractivity contribution in [1.82, 2.24) is 0 Å². The standard InChI is InChI=1S/C18H15ClFN3/c19-10-5-6-17(22)13(7-10)15-9-11(20)8-14(18(15)23)12-3-1-2-4-16(12)21/h1-9H,21-23H2. The van der Waals surface area contributed by atoms with Crippen LogP contribution in [-0.4, -0.2) is 0 Å². The van der Waals surface area contributed by atoms with Crippen molar-refractivity contribution in [3.63, 3.8) is 0 Å². The van der Waals surface area contributed by atoms with E-state index < -0.39 is 5.82 Å². The highest BCUT2D eigenvalue weighted by Gasteiger charge is 2.15. The summed E-state index contributed by atoms with van der Waals surface area (Å²) in [4.78, 5) is 0. The molecule has 0 unspecified atom stereocenters. The summed E-state index contributed by atoms with van der Waals surface area (Å²) in [6, 6.07) is 14.9. The Bertz CT molecular complexity index is 893. The second-order valence-corrected chi connectivity index (χ2v) is 5.67. The van der Waals surface area contributed by atoms with Gasteiger partial charge in [-0.05, 0) is 36.4 Å². The molecule has 0 heterocycles. The van der Waals surface area contributed by atoms with E-state index in [-0.39, 0.29) is 0 Å². The number of halogens is 2. The number of nitrogen functional groups attached to an aromatic ring is 3. The van der Waals surface area contributed by atoms with Crippen LogP contribution >= 0.6 is 11.6 Å². The minimum atomic E-state index is -0.424. The average Bonchev–Trinajstić information content (AvgIpc) is 2.52. The van der Waals surface area contributed by atoms with E-state index in [1.54, 1.807) is 30.3 Å². The van der Waals surface area contributed by atoms with Gasteiger partial charge in [0.2, 0.25) is 0 Å². The summed E-state index contributed by atoms with van der Waals surface area (Å²) in [5.74, 6) is -0.424. The van der Waals surface area contributed by atoms with Gasteiger partial charge in [0.05, 0.1) is 0 Å². The van der Waals surface area contributed by atoms with Crippen LogP contribution in [0.3, 0.4) is 0 Å². The Morgan fingerprint density at radius 1 is 0.696 bits per heavy atom. The van der Waals surface area contributed by atoms with Gasteiger partial charge >= 0.3 is 0 Å². The average molecular weight is 328 g/mol. The number of benzene rings is 3. The van der Waals surface area contributed by atoms with Crippen molar-refractivity contribution in [3.8, 4) is 22.3 Å². The van der Waals surface area contributed by atoms with Crippen LogP contribution in [0.15, 0.2) is 54.6 Å². The van der Waals surface area contributed by atoms with Crippen LogP contribution in [0.25, 0.3) is 22.3 Å². The monoisotopic (exact) mass is 327 g/mol. The predicted octanol–water partition coefficient (Wildman–Crippen LogP) is 4.56. The fourth-order valence-electron chi connectivity index (χ4n) is 2.57. The lowest BCUT2D eigenvalue weighted by Gasteiger charge is -2.15. The van der Waals surface area contributed by atoms with E-state index >= 15 is 0 Å². The molecule has 3 nitrogen and oxygen atoms in total. The summed E-state index contributed by atoms with van der Waals surface area (Å²) in [5, 5.41) is 0.499. The molecule has 0 aromatic heterocycles. The third-order valence-electron chi connectivity index (χ3n) is 3.70. The topological polar surface area (TPSA) is 78.1 Å². The Kier molecular flexibility index (Phi) is 3.84. The van der Waals surface area contributed by atoms with E-state index in [1.165, 1.54) is 12.1 Å². The maximum Gasteiger partial charge on any atom is 0.124 e. The second kappa shape index (κ2) is 5.82. The number of nitrogens with two attached hydrogens (primary N) is 3. The summed E-state index contributed by atoms with van der Waals surface area (Å²) in [6.45, 7) is 0. The largest absolute Gasteiger partial charge is 0.398 e. The summed E-state index contributed by atoms with van der Waals surface area (Å²) in [7, 11) is 0. The van der Waals surface area contributed by atoms with Gasteiger partial charge in [0.25, 0.3) is 0 Å². The fraction of sp³-hybridized carbons (Fsp3) is 0. The molecule has 0 aliphatic carbocycles. The maximum atomic E-state index is 14.2. The molecule has 0 amide bonds. The molecule has 23 heavy (non-hydrogen) atoms. The smallest absolute Gasteiger partial charge is 0.124 e. The normalized spacial score (nSPS) is 10.7. The minimum Gasteiger partial charge on any atom is -0.398 e. The molecule has 0 saturated heterocycles. The van der Waals surface area contributed by atoms with E-state index in [9.17, 15) is 4.39 Å². The van der Waals surface area contributed by atoms with Crippen LogP contribution in [-0.2, 0) is 0 Å². The van der Waals surface area contributed by atoms with Crippen molar-refractivity contribution >= 4 is 28.7 Å². The first-order valence-corrected chi connectivity index (χ1v) is 7.34. The highest BCUT2D eigenvalue weighted by Crippen LogP contribution is 2.40. The van der Waals surface area contributed by atoms with Gasteiger partial charge in [-0.3, -0.25) is 0 Å². The molecule has 0 atom stereocenters. The van der Waals surface area contributed by atoms with Gasteiger partial charge in [0.15, 0.2) is 0 Å². The van der Waals surface area contributed by atoms with Gasteiger partial charge in [-0.1, -0.05) is 29.8 Å². The zero-order chi connectivity index (χ0) is 16.6. The summed E-state index contributed by atoms with van der Waals surface area (Å²) < 4.78 is 14.2. The maximum absolute atomic E-state index is 14.2. The van der Waals surface area contributed by atoms with E-state index in [4.69, 9.17) is 28.8 Å². The predicted molar refractivity (Wildman–Crippen MR) is 95.5 cm³/mol. The zero-order valence-corrected chi connectivity index (χ0v) is 12.9. The van der Waals surface area contributed by atoms with Gasteiger partial charge in [-0.25, -0.2) is 4.39 Å². The molecule has 0 aliphatic heterocycles. The summed E-state index contributed by atoms with van der Waals surface area (Å²) >= 11 is 6.03. The van der Waals surface area contributed by atoms with Crippen molar-refractivity contribution in [2.45, 2.75) is 0 Å². The van der Waals surface area contributed by atoms with E-state index in [2.05, 4.69) is 0 Å². The van der Waals surface area contributed by atoms with Crippen LogP contribution in [0.1, 0.15) is 0 Å². The Balaban J connectivity index is 2.29. The molecule has 3 aromatic rings. The van der Waals surface area contributed by atoms with Crippen LogP contribution < -0.4 is 17.2 Å². The lowest BCUT2D eigenvalue weighted by atomic mass is 9.94. The molecule has 0 bridgehead atoms. The van der Waals surface area contributed by atoms with E-state index in [0.29, 0.717) is 44.3 Å². The molecule has 3 aromatic carbocycles. The lowest BCUT2D eigenvalue weighted by Crippen LogP contribution is -2.00. The number of rotatable bonds is 2. The van der Waals surface area contributed by atoms with E-state index in [0.717, 1.165) is 0 Å². The number of anilines is 3. The Hall–Kier alpha value is -2.72. The fourth-order valence-corrected chi connectivity index (χ4v) is 2.74. The molecule has 6 N–H and O–H groups in total. The first-order valence-electron chi connectivity index (χ1n) is 6.96. The molecule has 5 heteroatoms. The first kappa shape index (κ1) is 15.2. The SMILES string of the molecule is Nc1ccccc1-c1cc(F)cc(-c2cc(Cl)ccc2N)c1N. The number of hydrogen-bond donors (Lipinski definition) is 3. The molecule has 0 spiro atoms. The van der Waals surface area contributed by atoms with Gasteiger partial charge in [-0.2, -0.15) is 0 Å². The van der Waals surface area contributed by atoms with Gasteiger partial charge in [-0.15, -0.1) is 0 Å².